The quantitative estimate of drug-likeness (QED) is 0.179. The van der Waals surface area contributed by atoms with Crippen LogP contribution >= 0.6 is 0 Å². The first kappa shape index (κ1) is 29.5. The Hall–Kier alpha value is -4.52. The molecule has 0 aliphatic carbocycles. The van der Waals surface area contributed by atoms with Crippen LogP contribution in [0.25, 0.3) is 22.3 Å². The number of methoxy groups -OCH3 is 1. The molecule has 0 radical (unpaired) electrons. The van der Waals surface area contributed by atoms with Gasteiger partial charge in [-0.2, -0.15) is 4.98 Å². The number of nitro benzene ring substituents is 1. The number of hydrogen-bond donors (Lipinski definition) is 1. The number of ether oxygens (including phenoxy) is 2. The van der Waals surface area contributed by atoms with Crippen LogP contribution in [-0.2, 0) is 0 Å². The van der Waals surface area contributed by atoms with E-state index < -0.39 is 10.7 Å². The number of nitrogens with one attached hydrogen (secondary N) is 1. The van der Waals surface area contributed by atoms with E-state index in [-0.39, 0.29) is 23.2 Å². The lowest BCUT2D eigenvalue weighted by Crippen LogP contribution is -2.28. The van der Waals surface area contributed by atoms with E-state index in [4.69, 9.17) is 9.47 Å². The molecule has 41 heavy (non-hydrogen) atoms. The molecule has 4 rings (SSSR count). The highest BCUT2D eigenvalue weighted by atomic mass is 19.1. The summed E-state index contributed by atoms with van der Waals surface area (Å²) >= 11 is 0. The number of benzene rings is 2. The fourth-order valence-corrected chi connectivity index (χ4v) is 4.46. The van der Waals surface area contributed by atoms with Gasteiger partial charge in [-0.1, -0.05) is 0 Å². The number of hydrogen-bond acceptors (Lipinski definition) is 10. The second kappa shape index (κ2) is 12.3. The van der Waals surface area contributed by atoms with Crippen molar-refractivity contribution >= 4 is 34.0 Å². The van der Waals surface area contributed by atoms with Gasteiger partial charge >= 0.3 is 0 Å². The van der Waals surface area contributed by atoms with Crippen molar-refractivity contribution in [3.8, 4) is 23.0 Å². The summed E-state index contributed by atoms with van der Waals surface area (Å²) in [4.78, 5) is 28.6. The maximum atomic E-state index is 15.2. The minimum absolute atomic E-state index is 0.0213. The second-order valence-electron chi connectivity index (χ2n) is 10.0. The molecule has 0 fully saturated rings. The monoisotopic (exact) mass is 566 g/mol. The van der Waals surface area contributed by atoms with Gasteiger partial charge in [0.2, 0.25) is 5.95 Å². The maximum absolute atomic E-state index is 15.2. The summed E-state index contributed by atoms with van der Waals surface area (Å²) in [7, 11) is 7.16. The minimum atomic E-state index is -0.503. The Morgan fingerprint density at radius 2 is 1.90 bits per heavy atom. The predicted molar refractivity (Wildman–Crippen MR) is 157 cm³/mol. The zero-order chi connectivity index (χ0) is 29.8. The molecule has 0 unspecified atom stereocenters. The third-order valence-corrected chi connectivity index (χ3v) is 6.49. The van der Waals surface area contributed by atoms with E-state index in [1.807, 2.05) is 55.3 Å². The SMILES string of the molecule is CCOc1nc2c(F)cc(-c3ccnc(Nc4cc([N+](=O)[O-])c(N(C)CCN(C)C)cc4OC)n3)cc2n1C(C)C. The molecule has 0 aliphatic heterocycles. The number of fused-ring (bicyclic) bond motifs is 1. The molecule has 0 bridgehead atoms. The van der Waals surface area contributed by atoms with Gasteiger partial charge in [-0.3, -0.25) is 14.7 Å². The number of halogens is 1. The van der Waals surface area contributed by atoms with Gasteiger partial charge in [0.15, 0.2) is 5.82 Å². The van der Waals surface area contributed by atoms with Crippen LogP contribution in [0.4, 0.5) is 27.4 Å². The number of likely N-dealkylation sites (N-methyl/N-ethyl adjacent to an activating group) is 2. The van der Waals surface area contributed by atoms with Crippen LogP contribution in [0.1, 0.15) is 26.8 Å². The highest BCUT2D eigenvalue weighted by molar-refractivity contribution is 5.84. The topological polar surface area (TPSA) is 124 Å². The predicted octanol–water partition coefficient (Wildman–Crippen LogP) is 5.27. The molecule has 13 heteroatoms. The molecule has 0 saturated carbocycles. The fraction of sp³-hybridized carbons (Fsp3) is 0.393. The number of imidazole rings is 1. The average molecular weight is 567 g/mol. The Bertz CT molecular complexity index is 1560. The molecule has 4 aromatic rings. The normalized spacial score (nSPS) is 11.4. The Morgan fingerprint density at radius 3 is 2.54 bits per heavy atom. The van der Waals surface area contributed by atoms with E-state index in [0.29, 0.717) is 59.6 Å². The number of nitro groups is 1. The largest absolute Gasteiger partial charge is 0.494 e. The summed E-state index contributed by atoms with van der Waals surface area (Å²) in [6, 6.07) is 8.18. The van der Waals surface area contributed by atoms with Crippen LogP contribution in [0.2, 0.25) is 0 Å². The van der Waals surface area contributed by atoms with Crippen LogP contribution in [0, 0.1) is 15.9 Å². The lowest BCUT2D eigenvalue weighted by Gasteiger charge is -2.22. The van der Waals surface area contributed by atoms with Crippen molar-refractivity contribution in [1.82, 2.24) is 24.4 Å². The summed E-state index contributed by atoms with van der Waals surface area (Å²) in [6.45, 7) is 7.49. The zero-order valence-corrected chi connectivity index (χ0v) is 24.3. The number of anilines is 3. The van der Waals surface area contributed by atoms with E-state index in [1.54, 1.807) is 19.2 Å². The van der Waals surface area contributed by atoms with Crippen molar-refractivity contribution in [2.75, 3.05) is 58.2 Å². The Balaban J connectivity index is 1.72. The van der Waals surface area contributed by atoms with Gasteiger partial charge in [0, 0.05) is 50.1 Å². The van der Waals surface area contributed by atoms with Crippen LogP contribution < -0.4 is 19.7 Å². The van der Waals surface area contributed by atoms with Crippen molar-refractivity contribution in [1.29, 1.82) is 0 Å². The van der Waals surface area contributed by atoms with Crippen molar-refractivity contribution in [3.63, 3.8) is 0 Å². The van der Waals surface area contributed by atoms with E-state index >= 15 is 4.39 Å². The first-order valence-electron chi connectivity index (χ1n) is 13.2. The van der Waals surface area contributed by atoms with E-state index in [0.717, 1.165) is 0 Å². The lowest BCUT2D eigenvalue weighted by atomic mass is 10.1. The zero-order valence-electron chi connectivity index (χ0n) is 24.3. The standard InChI is InChI=1S/C28H35FN8O4/c1-8-41-28-33-26-19(29)13-18(14-24(26)36(28)17(2)3)20-9-10-30-27(31-20)32-21-15-23(37(38)39)22(16-25(21)40-7)35(6)12-11-34(4)5/h9-10,13-17H,8,11-12H2,1-7H3,(H,30,31,32). The van der Waals surface area contributed by atoms with Gasteiger partial charge in [-0.15, -0.1) is 0 Å². The van der Waals surface area contributed by atoms with Crippen LogP contribution in [0.5, 0.6) is 11.8 Å². The number of nitrogens with zero attached hydrogens (tertiary/aromatic N) is 7. The summed E-state index contributed by atoms with van der Waals surface area (Å²) in [5.41, 5.74) is 2.41. The third kappa shape index (κ3) is 6.30. The molecule has 0 saturated heterocycles. The molecule has 2 heterocycles. The molecule has 2 aromatic heterocycles. The molecule has 0 aliphatic rings. The fourth-order valence-electron chi connectivity index (χ4n) is 4.46. The highest BCUT2D eigenvalue weighted by Crippen LogP contribution is 2.39. The molecule has 0 amide bonds. The van der Waals surface area contributed by atoms with E-state index in [1.165, 1.54) is 25.4 Å². The summed E-state index contributed by atoms with van der Waals surface area (Å²) < 4.78 is 28.3. The van der Waals surface area contributed by atoms with E-state index in [9.17, 15) is 10.1 Å². The summed E-state index contributed by atoms with van der Waals surface area (Å²) in [5, 5.41) is 15.0. The summed E-state index contributed by atoms with van der Waals surface area (Å²) in [6.07, 6.45) is 1.53. The van der Waals surface area contributed by atoms with Crippen LogP contribution in [-0.4, -0.2) is 77.3 Å². The van der Waals surface area contributed by atoms with E-state index in [2.05, 4.69) is 20.3 Å². The second-order valence-corrected chi connectivity index (χ2v) is 10.0. The third-order valence-electron chi connectivity index (χ3n) is 6.49. The molecule has 0 atom stereocenters. The first-order valence-corrected chi connectivity index (χ1v) is 13.2. The van der Waals surface area contributed by atoms with Crippen molar-refractivity contribution < 1.29 is 18.8 Å². The van der Waals surface area contributed by atoms with Gasteiger partial charge in [0.05, 0.1) is 35.5 Å². The first-order chi connectivity index (χ1) is 19.5. The Labute approximate surface area is 237 Å². The average Bonchev–Trinajstić information content (AvgIpc) is 3.30. The van der Waals surface area contributed by atoms with Gasteiger partial charge in [0.1, 0.15) is 17.0 Å². The lowest BCUT2D eigenvalue weighted by molar-refractivity contribution is -0.384. The van der Waals surface area contributed by atoms with Gasteiger partial charge < -0.3 is 24.6 Å². The van der Waals surface area contributed by atoms with Gasteiger partial charge in [-0.05, 0) is 53.1 Å². The molecular formula is C28H35FN8O4. The number of rotatable bonds is 12. The molecule has 1 N–H and O–H groups in total. The maximum Gasteiger partial charge on any atom is 0.297 e. The van der Waals surface area contributed by atoms with Crippen LogP contribution in [0.15, 0.2) is 36.5 Å². The van der Waals surface area contributed by atoms with Gasteiger partial charge in [-0.25, -0.2) is 14.4 Å². The molecule has 0 spiro atoms. The van der Waals surface area contributed by atoms with Crippen molar-refractivity contribution in [2.45, 2.75) is 26.8 Å². The van der Waals surface area contributed by atoms with Crippen molar-refractivity contribution in [3.05, 3.63) is 52.5 Å². The van der Waals surface area contributed by atoms with Gasteiger partial charge in [0.25, 0.3) is 11.7 Å². The Morgan fingerprint density at radius 1 is 1.15 bits per heavy atom. The minimum Gasteiger partial charge on any atom is -0.494 e. The molecular weight excluding hydrogens is 531 g/mol. The Kier molecular flexibility index (Phi) is 8.86. The van der Waals surface area contributed by atoms with Crippen LogP contribution in [0.3, 0.4) is 0 Å². The smallest absolute Gasteiger partial charge is 0.297 e. The summed E-state index contributed by atoms with van der Waals surface area (Å²) in [5.74, 6) is 0.0435. The highest BCUT2D eigenvalue weighted by Gasteiger charge is 2.23. The molecule has 2 aromatic carbocycles. The molecule has 218 valence electrons. The number of aromatic nitrogens is 4. The molecule has 12 nitrogen and oxygen atoms in total. The van der Waals surface area contributed by atoms with Crippen molar-refractivity contribution in [2.24, 2.45) is 0 Å².